The summed E-state index contributed by atoms with van der Waals surface area (Å²) in [5.41, 5.74) is 3.69. The lowest BCUT2D eigenvalue weighted by Crippen LogP contribution is -1.95. The normalized spacial score (nSPS) is 10.7. The summed E-state index contributed by atoms with van der Waals surface area (Å²) in [6.07, 6.45) is 1.80. The molecule has 4 heteroatoms. The molecule has 0 spiro atoms. The molecule has 0 radical (unpaired) electrons. The number of allylic oxidation sites excluding steroid dienone is 1. The van der Waals surface area contributed by atoms with Crippen LogP contribution in [0.1, 0.15) is 22.3 Å². The van der Waals surface area contributed by atoms with Gasteiger partial charge in [-0.25, -0.2) is 0 Å². The standard InChI is InChI=1S/C23H15ClN2O/c24-23-4-2-1-3-20(23)16-27-22-11-7-17(8-12-22)13-21(15-26)19-9-5-18(14-25)6-10-19/h1-13H,16H2/b21-13+. The van der Waals surface area contributed by atoms with Crippen LogP contribution in [-0.4, -0.2) is 0 Å². The Bertz CT molecular complexity index is 1040. The summed E-state index contributed by atoms with van der Waals surface area (Å²) in [5, 5.41) is 19.0. The first-order valence-electron chi connectivity index (χ1n) is 8.28. The minimum atomic E-state index is 0.392. The van der Waals surface area contributed by atoms with Crippen molar-refractivity contribution in [2.24, 2.45) is 0 Å². The Labute approximate surface area is 163 Å². The highest BCUT2D eigenvalue weighted by molar-refractivity contribution is 6.31. The number of hydrogen-bond acceptors (Lipinski definition) is 3. The molecule has 0 fully saturated rings. The second kappa shape index (κ2) is 8.72. The Hall–Kier alpha value is -3.53. The highest BCUT2D eigenvalue weighted by Crippen LogP contribution is 2.22. The summed E-state index contributed by atoms with van der Waals surface area (Å²) in [6.45, 7) is 0.392. The maximum absolute atomic E-state index is 9.44. The third-order valence-electron chi connectivity index (χ3n) is 3.99. The van der Waals surface area contributed by atoms with Crippen molar-refractivity contribution in [3.63, 3.8) is 0 Å². The van der Waals surface area contributed by atoms with Crippen molar-refractivity contribution >= 4 is 23.3 Å². The Kier molecular flexibility index (Phi) is 5.90. The molecular weight excluding hydrogens is 356 g/mol. The summed E-state index contributed by atoms with van der Waals surface area (Å²) in [6, 6.07) is 26.3. The fourth-order valence-corrected chi connectivity index (χ4v) is 2.70. The smallest absolute Gasteiger partial charge is 0.119 e. The van der Waals surface area contributed by atoms with Crippen molar-refractivity contribution in [1.29, 1.82) is 10.5 Å². The molecule has 27 heavy (non-hydrogen) atoms. The van der Waals surface area contributed by atoms with E-state index in [-0.39, 0.29) is 0 Å². The molecule has 0 saturated carbocycles. The van der Waals surface area contributed by atoms with Gasteiger partial charge in [0.2, 0.25) is 0 Å². The van der Waals surface area contributed by atoms with Crippen LogP contribution < -0.4 is 4.74 Å². The quantitative estimate of drug-likeness (QED) is 0.417. The highest BCUT2D eigenvalue weighted by Gasteiger charge is 2.03. The van der Waals surface area contributed by atoms with E-state index in [2.05, 4.69) is 12.1 Å². The van der Waals surface area contributed by atoms with Gasteiger partial charge in [-0.2, -0.15) is 10.5 Å². The van der Waals surface area contributed by atoms with Crippen molar-refractivity contribution in [3.05, 3.63) is 100 Å². The van der Waals surface area contributed by atoms with Gasteiger partial charge in [-0.1, -0.05) is 54.1 Å². The van der Waals surface area contributed by atoms with E-state index in [9.17, 15) is 5.26 Å². The number of nitrogens with zero attached hydrogens (tertiary/aromatic N) is 2. The van der Waals surface area contributed by atoms with Crippen molar-refractivity contribution in [1.82, 2.24) is 0 Å². The summed E-state index contributed by atoms with van der Waals surface area (Å²) in [4.78, 5) is 0. The third-order valence-corrected chi connectivity index (χ3v) is 4.36. The molecule has 0 amide bonds. The Balaban J connectivity index is 1.72. The van der Waals surface area contributed by atoms with E-state index in [0.717, 1.165) is 22.4 Å². The minimum Gasteiger partial charge on any atom is -0.489 e. The van der Waals surface area contributed by atoms with Crippen molar-refractivity contribution < 1.29 is 4.74 Å². The van der Waals surface area contributed by atoms with E-state index < -0.39 is 0 Å². The van der Waals surface area contributed by atoms with E-state index in [4.69, 9.17) is 21.6 Å². The molecule has 3 aromatic rings. The Morgan fingerprint density at radius 1 is 0.926 bits per heavy atom. The topological polar surface area (TPSA) is 56.8 Å². The molecule has 3 rings (SSSR count). The van der Waals surface area contributed by atoms with Gasteiger partial charge in [0.05, 0.1) is 23.3 Å². The van der Waals surface area contributed by atoms with E-state index in [1.807, 2.05) is 48.5 Å². The molecule has 0 aliphatic heterocycles. The molecule has 0 bridgehead atoms. The fraction of sp³-hybridized carbons (Fsp3) is 0.0435. The minimum absolute atomic E-state index is 0.392. The van der Waals surface area contributed by atoms with Gasteiger partial charge in [0.1, 0.15) is 12.4 Å². The monoisotopic (exact) mass is 370 g/mol. The average molecular weight is 371 g/mol. The first kappa shape index (κ1) is 18.3. The van der Waals surface area contributed by atoms with Crippen LogP contribution in [0.4, 0.5) is 0 Å². The van der Waals surface area contributed by atoms with Gasteiger partial charge in [0.25, 0.3) is 0 Å². The highest BCUT2D eigenvalue weighted by atomic mass is 35.5. The van der Waals surface area contributed by atoms with Crippen molar-refractivity contribution in [2.45, 2.75) is 6.61 Å². The lowest BCUT2D eigenvalue weighted by molar-refractivity contribution is 0.306. The molecule has 0 saturated heterocycles. The maximum Gasteiger partial charge on any atom is 0.119 e. The van der Waals surface area contributed by atoms with E-state index in [0.29, 0.717) is 22.8 Å². The van der Waals surface area contributed by atoms with Gasteiger partial charge in [0.15, 0.2) is 0 Å². The van der Waals surface area contributed by atoms with Crippen molar-refractivity contribution in [2.75, 3.05) is 0 Å². The SMILES string of the molecule is N#C/C(=C\c1ccc(OCc2ccccc2Cl)cc1)c1ccc(C#N)cc1. The third kappa shape index (κ3) is 4.76. The van der Waals surface area contributed by atoms with Crippen LogP contribution in [0.5, 0.6) is 5.75 Å². The number of halogens is 1. The molecule has 0 aliphatic carbocycles. The molecule has 0 aromatic heterocycles. The molecular formula is C23H15ClN2O. The predicted molar refractivity (Wildman–Crippen MR) is 107 cm³/mol. The van der Waals surface area contributed by atoms with Crippen LogP contribution in [0.15, 0.2) is 72.8 Å². The van der Waals surface area contributed by atoms with E-state index >= 15 is 0 Å². The lowest BCUT2D eigenvalue weighted by atomic mass is 10.0. The number of benzene rings is 3. The molecule has 3 nitrogen and oxygen atoms in total. The zero-order valence-electron chi connectivity index (χ0n) is 14.4. The number of rotatable bonds is 5. The van der Waals surface area contributed by atoms with Gasteiger partial charge in [-0.05, 0) is 47.5 Å². The van der Waals surface area contributed by atoms with Gasteiger partial charge < -0.3 is 4.74 Å². The van der Waals surface area contributed by atoms with E-state index in [1.54, 1.807) is 30.3 Å². The Morgan fingerprint density at radius 2 is 1.63 bits per heavy atom. The average Bonchev–Trinajstić information content (AvgIpc) is 2.72. The molecule has 130 valence electrons. The van der Waals surface area contributed by atoms with Crippen LogP contribution in [0, 0.1) is 22.7 Å². The first-order valence-corrected chi connectivity index (χ1v) is 8.66. The van der Waals surface area contributed by atoms with Crippen LogP contribution >= 0.6 is 11.6 Å². The molecule has 0 heterocycles. The summed E-state index contributed by atoms with van der Waals surface area (Å²) < 4.78 is 5.77. The van der Waals surface area contributed by atoms with Gasteiger partial charge in [-0.15, -0.1) is 0 Å². The zero-order valence-corrected chi connectivity index (χ0v) is 15.1. The Morgan fingerprint density at radius 3 is 2.26 bits per heavy atom. The van der Waals surface area contributed by atoms with E-state index in [1.165, 1.54) is 0 Å². The number of hydrogen-bond donors (Lipinski definition) is 0. The molecule has 0 atom stereocenters. The summed E-state index contributed by atoms with van der Waals surface area (Å²) in [5.74, 6) is 0.726. The van der Waals surface area contributed by atoms with Crippen LogP contribution in [0.25, 0.3) is 11.6 Å². The van der Waals surface area contributed by atoms with Crippen LogP contribution in [0.3, 0.4) is 0 Å². The molecule has 0 N–H and O–H groups in total. The zero-order chi connectivity index (χ0) is 19.1. The number of nitriles is 2. The number of ether oxygens (including phenoxy) is 1. The lowest BCUT2D eigenvalue weighted by Gasteiger charge is -2.08. The maximum atomic E-state index is 9.44. The first-order chi connectivity index (χ1) is 13.2. The fourth-order valence-electron chi connectivity index (χ4n) is 2.51. The molecule has 0 aliphatic rings. The molecule has 0 unspecified atom stereocenters. The largest absolute Gasteiger partial charge is 0.489 e. The van der Waals surface area contributed by atoms with Gasteiger partial charge in [-0.3, -0.25) is 0 Å². The van der Waals surface area contributed by atoms with Crippen molar-refractivity contribution in [3.8, 4) is 17.9 Å². The predicted octanol–water partition coefficient (Wildman–Crippen LogP) is 5.85. The summed E-state index contributed by atoms with van der Waals surface area (Å²) >= 11 is 6.13. The van der Waals surface area contributed by atoms with Crippen LogP contribution in [-0.2, 0) is 6.61 Å². The second-order valence-corrected chi connectivity index (χ2v) is 6.22. The summed E-state index contributed by atoms with van der Waals surface area (Å²) in [7, 11) is 0. The second-order valence-electron chi connectivity index (χ2n) is 5.81. The molecule has 3 aromatic carbocycles. The van der Waals surface area contributed by atoms with Crippen LogP contribution in [0.2, 0.25) is 5.02 Å². The van der Waals surface area contributed by atoms with Gasteiger partial charge >= 0.3 is 0 Å². The van der Waals surface area contributed by atoms with Gasteiger partial charge in [0, 0.05) is 10.6 Å².